The van der Waals surface area contributed by atoms with Crippen LogP contribution in [-0.2, 0) is 0 Å². The molecule has 2 nitrogen and oxygen atoms in total. The molecule has 1 aromatic heterocycles. The first-order chi connectivity index (χ1) is 8.24. The SMILES string of the molecule is CC(C)c1cccc(-c2ccccn2)c1C#N. The fraction of sp³-hybridized carbons (Fsp3) is 0.200. The van der Waals surface area contributed by atoms with E-state index >= 15 is 0 Å². The molecule has 0 saturated heterocycles. The van der Waals surface area contributed by atoms with Gasteiger partial charge in [0.15, 0.2) is 0 Å². The van der Waals surface area contributed by atoms with Crippen LogP contribution < -0.4 is 0 Å². The largest absolute Gasteiger partial charge is 0.256 e. The second-order valence-corrected chi connectivity index (χ2v) is 4.25. The van der Waals surface area contributed by atoms with Gasteiger partial charge in [0.1, 0.15) is 6.07 Å². The second kappa shape index (κ2) is 4.80. The van der Waals surface area contributed by atoms with Crippen LogP contribution in [0.5, 0.6) is 0 Å². The summed E-state index contributed by atoms with van der Waals surface area (Å²) in [6.07, 6.45) is 1.75. The number of pyridine rings is 1. The van der Waals surface area contributed by atoms with Crippen molar-refractivity contribution < 1.29 is 0 Å². The molecule has 0 fully saturated rings. The summed E-state index contributed by atoms with van der Waals surface area (Å²) >= 11 is 0. The van der Waals surface area contributed by atoms with Gasteiger partial charge >= 0.3 is 0 Å². The lowest BCUT2D eigenvalue weighted by molar-refractivity contribution is 0.863. The maximum Gasteiger partial charge on any atom is 0.100 e. The minimum absolute atomic E-state index is 0.341. The first-order valence-electron chi connectivity index (χ1n) is 5.68. The van der Waals surface area contributed by atoms with Crippen LogP contribution in [0.2, 0.25) is 0 Å². The highest BCUT2D eigenvalue weighted by Gasteiger charge is 2.12. The summed E-state index contributed by atoms with van der Waals surface area (Å²) in [6, 6.07) is 14.0. The van der Waals surface area contributed by atoms with Gasteiger partial charge in [-0.15, -0.1) is 0 Å². The van der Waals surface area contributed by atoms with Crippen molar-refractivity contribution in [2.45, 2.75) is 19.8 Å². The van der Waals surface area contributed by atoms with Gasteiger partial charge in [0.2, 0.25) is 0 Å². The minimum atomic E-state index is 0.341. The zero-order chi connectivity index (χ0) is 12.3. The number of hydrogen-bond acceptors (Lipinski definition) is 2. The van der Waals surface area contributed by atoms with Crippen molar-refractivity contribution >= 4 is 0 Å². The van der Waals surface area contributed by atoms with Crippen molar-refractivity contribution in [2.75, 3.05) is 0 Å². The van der Waals surface area contributed by atoms with Gasteiger partial charge < -0.3 is 0 Å². The van der Waals surface area contributed by atoms with Crippen molar-refractivity contribution in [1.82, 2.24) is 4.98 Å². The molecule has 2 heteroatoms. The summed E-state index contributed by atoms with van der Waals surface area (Å²) in [5, 5.41) is 9.33. The molecular formula is C15H14N2. The van der Waals surface area contributed by atoms with Crippen LogP contribution in [0.1, 0.15) is 30.9 Å². The molecule has 0 atom stereocenters. The van der Waals surface area contributed by atoms with E-state index in [1.165, 1.54) is 0 Å². The lowest BCUT2D eigenvalue weighted by atomic mass is 9.92. The van der Waals surface area contributed by atoms with Crippen LogP contribution in [0.25, 0.3) is 11.3 Å². The van der Waals surface area contributed by atoms with Gasteiger partial charge in [-0.3, -0.25) is 4.98 Å². The molecule has 17 heavy (non-hydrogen) atoms. The van der Waals surface area contributed by atoms with Crippen molar-refractivity contribution in [3.05, 3.63) is 53.7 Å². The molecule has 84 valence electrons. The van der Waals surface area contributed by atoms with E-state index in [1.54, 1.807) is 6.20 Å². The van der Waals surface area contributed by atoms with E-state index in [0.29, 0.717) is 5.92 Å². The van der Waals surface area contributed by atoms with E-state index in [0.717, 1.165) is 22.4 Å². The predicted octanol–water partition coefficient (Wildman–Crippen LogP) is 3.74. The fourth-order valence-electron chi connectivity index (χ4n) is 1.91. The van der Waals surface area contributed by atoms with E-state index < -0.39 is 0 Å². The Morgan fingerprint density at radius 1 is 1.12 bits per heavy atom. The summed E-state index contributed by atoms with van der Waals surface area (Å²) in [5.74, 6) is 0.341. The Labute approximate surface area is 102 Å². The van der Waals surface area contributed by atoms with E-state index in [9.17, 15) is 5.26 Å². The Morgan fingerprint density at radius 3 is 2.53 bits per heavy atom. The van der Waals surface area contributed by atoms with Gasteiger partial charge in [-0.25, -0.2) is 0 Å². The normalized spacial score (nSPS) is 10.2. The molecule has 0 spiro atoms. The quantitative estimate of drug-likeness (QED) is 0.776. The van der Waals surface area contributed by atoms with E-state index in [4.69, 9.17) is 0 Å². The van der Waals surface area contributed by atoms with Crippen molar-refractivity contribution in [1.29, 1.82) is 5.26 Å². The Morgan fingerprint density at radius 2 is 1.94 bits per heavy atom. The maximum absolute atomic E-state index is 9.33. The van der Waals surface area contributed by atoms with Gasteiger partial charge in [0.05, 0.1) is 11.3 Å². The van der Waals surface area contributed by atoms with Gasteiger partial charge in [0.25, 0.3) is 0 Å². The molecule has 0 saturated carbocycles. The molecule has 0 N–H and O–H groups in total. The summed E-state index contributed by atoms with van der Waals surface area (Å²) in [6.45, 7) is 4.19. The summed E-state index contributed by atoms with van der Waals surface area (Å²) in [5.41, 5.74) is 3.59. The molecular weight excluding hydrogens is 208 g/mol. The zero-order valence-electron chi connectivity index (χ0n) is 10.0. The molecule has 0 radical (unpaired) electrons. The monoisotopic (exact) mass is 222 g/mol. The molecule has 2 aromatic rings. The standard InChI is InChI=1S/C15H14N2/c1-11(2)12-6-5-7-13(14(12)10-16)15-8-3-4-9-17-15/h3-9,11H,1-2H3. The van der Waals surface area contributed by atoms with Crippen LogP contribution in [-0.4, -0.2) is 4.98 Å². The van der Waals surface area contributed by atoms with Crippen molar-refractivity contribution in [2.24, 2.45) is 0 Å². The third kappa shape index (κ3) is 2.19. The third-order valence-corrected chi connectivity index (χ3v) is 2.77. The molecule has 0 aliphatic rings. The number of nitrogens with zero attached hydrogens (tertiary/aromatic N) is 2. The number of nitriles is 1. The molecule has 0 amide bonds. The average Bonchev–Trinajstić information content (AvgIpc) is 2.38. The Hall–Kier alpha value is -2.14. The number of rotatable bonds is 2. The smallest absolute Gasteiger partial charge is 0.100 e. The average molecular weight is 222 g/mol. The lowest BCUT2D eigenvalue weighted by Gasteiger charge is -2.11. The topological polar surface area (TPSA) is 36.7 Å². The van der Waals surface area contributed by atoms with Crippen LogP contribution in [0.15, 0.2) is 42.6 Å². The molecule has 0 unspecified atom stereocenters. The highest BCUT2D eigenvalue weighted by Crippen LogP contribution is 2.28. The van der Waals surface area contributed by atoms with E-state index in [-0.39, 0.29) is 0 Å². The summed E-state index contributed by atoms with van der Waals surface area (Å²) in [7, 11) is 0. The predicted molar refractivity (Wildman–Crippen MR) is 68.5 cm³/mol. The Kier molecular flexibility index (Phi) is 3.20. The molecule has 0 aliphatic heterocycles. The number of benzene rings is 1. The van der Waals surface area contributed by atoms with Crippen molar-refractivity contribution in [3.8, 4) is 17.3 Å². The van der Waals surface area contributed by atoms with Gasteiger partial charge in [-0.1, -0.05) is 38.1 Å². The summed E-state index contributed by atoms with van der Waals surface area (Å²) in [4.78, 5) is 4.31. The number of aromatic nitrogens is 1. The number of hydrogen-bond donors (Lipinski definition) is 0. The molecule has 1 heterocycles. The molecule has 2 rings (SSSR count). The molecule has 0 bridgehead atoms. The molecule has 0 aliphatic carbocycles. The highest BCUT2D eigenvalue weighted by molar-refractivity contribution is 5.69. The van der Waals surface area contributed by atoms with Crippen LogP contribution in [0.3, 0.4) is 0 Å². The van der Waals surface area contributed by atoms with Crippen LogP contribution in [0, 0.1) is 11.3 Å². The first-order valence-corrected chi connectivity index (χ1v) is 5.68. The minimum Gasteiger partial charge on any atom is -0.256 e. The van der Waals surface area contributed by atoms with Gasteiger partial charge in [-0.05, 0) is 23.6 Å². The lowest BCUT2D eigenvalue weighted by Crippen LogP contribution is -1.96. The van der Waals surface area contributed by atoms with E-state index in [2.05, 4.69) is 24.9 Å². The highest BCUT2D eigenvalue weighted by atomic mass is 14.7. The zero-order valence-corrected chi connectivity index (χ0v) is 10.0. The maximum atomic E-state index is 9.33. The molecule has 1 aromatic carbocycles. The first kappa shape index (κ1) is 11.3. The van der Waals surface area contributed by atoms with Crippen LogP contribution >= 0.6 is 0 Å². The second-order valence-electron chi connectivity index (χ2n) is 4.25. The third-order valence-electron chi connectivity index (χ3n) is 2.77. The Bertz CT molecular complexity index is 551. The van der Waals surface area contributed by atoms with Crippen LogP contribution in [0.4, 0.5) is 0 Å². The van der Waals surface area contributed by atoms with Gasteiger partial charge in [-0.2, -0.15) is 5.26 Å². The van der Waals surface area contributed by atoms with Crippen molar-refractivity contribution in [3.63, 3.8) is 0 Å². The van der Waals surface area contributed by atoms with E-state index in [1.807, 2.05) is 36.4 Å². The Balaban J connectivity index is 2.64. The fourth-order valence-corrected chi connectivity index (χ4v) is 1.91. The van der Waals surface area contributed by atoms with Gasteiger partial charge in [0, 0.05) is 11.8 Å². The summed E-state index contributed by atoms with van der Waals surface area (Å²) < 4.78 is 0.